The van der Waals surface area contributed by atoms with E-state index in [1.165, 1.54) is 16.9 Å². The molecular formula is C13H12BrN3OS2. The van der Waals surface area contributed by atoms with Crippen molar-refractivity contribution in [2.45, 2.75) is 12.3 Å². The van der Waals surface area contributed by atoms with Gasteiger partial charge in [0.2, 0.25) is 0 Å². The highest BCUT2D eigenvalue weighted by Gasteiger charge is 2.27. The summed E-state index contributed by atoms with van der Waals surface area (Å²) in [6.07, 6.45) is 0. The molecule has 0 saturated carbocycles. The first kappa shape index (κ1) is 14.1. The molecule has 0 unspecified atom stereocenters. The average Bonchev–Trinajstić information content (AvgIpc) is 2.79. The number of aromatic nitrogens is 1. The number of fused-ring (bicyclic) bond motifs is 1. The van der Waals surface area contributed by atoms with Crippen molar-refractivity contribution in [1.82, 2.24) is 9.29 Å². The van der Waals surface area contributed by atoms with Crippen LogP contribution in [0.1, 0.15) is 20.9 Å². The molecule has 0 saturated heterocycles. The zero-order valence-electron chi connectivity index (χ0n) is 10.5. The maximum absolute atomic E-state index is 12.0. The van der Waals surface area contributed by atoms with Gasteiger partial charge in [-0.15, -0.1) is 11.3 Å². The molecule has 7 heteroatoms. The normalized spacial score (nSPS) is 15.3. The lowest BCUT2D eigenvalue weighted by Crippen LogP contribution is -2.29. The summed E-state index contributed by atoms with van der Waals surface area (Å²) in [5.74, 6) is 0.886. The molecule has 1 aromatic heterocycles. The molecule has 0 atom stereocenters. The Morgan fingerprint density at radius 2 is 2.20 bits per heavy atom. The Bertz CT molecular complexity index is 659. The highest BCUT2D eigenvalue weighted by Crippen LogP contribution is 2.31. The third-order valence-electron chi connectivity index (χ3n) is 2.98. The SMILES string of the molecule is Nc1nc2c(s1)CN(SCc1ccccc1Br)CC2=O. The monoisotopic (exact) mass is 369 g/mol. The first-order valence-corrected chi connectivity index (χ1v) is 8.58. The summed E-state index contributed by atoms with van der Waals surface area (Å²) >= 11 is 6.60. The van der Waals surface area contributed by atoms with Crippen LogP contribution in [0.15, 0.2) is 28.7 Å². The van der Waals surface area contributed by atoms with Crippen molar-refractivity contribution in [2.24, 2.45) is 0 Å². The Labute approximate surface area is 133 Å². The lowest BCUT2D eigenvalue weighted by Gasteiger charge is -2.23. The number of anilines is 1. The predicted octanol–water partition coefficient (Wildman–Crippen LogP) is 3.33. The van der Waals surface area contributed by atoms with E-state index in [0.717, 1.165) is 21.6 Å². The molecule has 1 aliphatic heterocycles. The summed E-state index contributed by atoms with van der Waals surface area (Å²) in [4.78, 5) is 17.1. The maximum Gasteiger partial charge on any atom is 0.197 e. The van der Waals surface area contributed by atoms with Gasteiger partial charge < -0.3 is 5.73 Å². The first-order chi connectivity index (χ1) is 9.63. The molecule has 0 amide bonds. The van der Waals surface area contributed by atoms with Gasteiger partial charge in [0.15, 0.2) is 10.9 Å². The van der Waals surface area contributed by atoms with Gasteiger partial charge in [-0.3, -0.25) is 4.79 Å². The minimum atomic E-state index is 0.0545. The third kappa shape index (κ3) is 2.90. The largest absolute Gasteiger partial charge is 0.375 e. The third-order valence-corrected chi connectivity index (χ3v) is 5.68. The fourth-order valence-corrected chi connectivity index (χ4v) is 4.57. The predicted molar refractivity (Wildman–Crippen MR) is 86.7 cm³/mol. The van der Waals surface area contributed by atoms with E-state index in [-0.39, 0.29) is 5.78 Å². The van der Waals surface area contributed by atoms with Gasteiger partial charge in [0.25, 0.3) is 0 Å². The number of hydrogen-bond acceptors (Lipinski definition) is 6. The van der Waals surface area contributed by atoms with Gasteiger partial charge in [-0.2, -0.15) is 0 Å². The molecule has 20 heavy (non-hydrogen) atoms. The Balaban J connectivity index is 1.69. The highest BCUT2D eigenvalue weighted by molar-refractivity contribution is 9.10. The summed E-state index contributed by atoms with van der Waals surface area (Å²) in [7, 11) is 0. The van der Waals surface area contributed by atoms with Crippen molar-refractivity contribution in [3.63, 3.8) is 0 Å². The first-order valence-electron chi connectivity index (χ1n) is 6.03. The van der Waals surface area contributed by atoms with Crippen LogP contribution in [-0.2, 0) is 12.3 Å². The number of halogens is 1. The van der Waals surface area contributed by atoms with E-state index < -0.39 is 0 Å². The zero-order chi connectivity index (χ0) is 14.1. The quantitative estimate of drug-likeness (QED) is 0.840. The molecule has 2 N–H and O–H groups in total. The van der Waals surface area contributed by atoms with Crippen molar-refractivity contribution in [3.05, 3.63) is 44.9 Å². The second-order valence-corrected chi connectivity index (χ2v) is 7.44. The van der Waals surface area contributed by atoms with Crippen molar-refractivity contribution in [1.29, 1.82) is 0 Å². The summed E-state index contributed by atoms with van der Waals surface area (Å²) in [6, 6.07) is 8.12. The number of hydrogen-bond donors (Lipinski definition) is 1. The van der Waals surface area contributed by atoms with Crippen LogP contribution >= 0.6 is 39.2 Å². The van der Waals surface area contributed by atoms with Crippen molar-refractivity contribution < 1.29 is 4.79 Å². The number of nitrogens with two attached hydrogens (primary N) is 1. The average molecular weight is 370 g/mol. The number of carbonyl (C=O) groups excluding carboxylic acids is 1. The number of thiazole rings is 1. The van der Waals surface area contributed by atoms with Crippen molar-refractivity contribution in [2.75, 3.05) is 12.3 Å². The van der Waals surface area contributed by atoms with Crippen LogP contribution in [0.5, 0.6) is 0 Å². The second-order valence-electron chi connectivity index (χ2n) is 4.41. The maximum atomic E-state index is 12.0. The van der Waals surface area contributed by atoms with Crippen molar-refractivity contribution >= 4 is 50.1 Å². The van der Waals surface area contributed by atoms with Crippen LogP contribution in [0.2, 0.25) is 0 Å². The van der Waals surface area contributed by atoms with Crippen LogP contribution in [0.25, 0.3) is 0 Å². The zero-order valence-corrected chi connectivity index (χ0v) is 13.7. The molecule has 104 valence electrons. The van der Waals surface area contributed by atoms with Gasteiger partial charge >= 0.3 is 0 Å². The minimum Gasteiger partial charge on any atom is -0.375 e. The van der Waals surface area contributed by atoms with Crippen LogP contribution in [0.4, 0.5) is 5.13 Å². The summed E-state index contributed by atoms with van der Waals surface area (Å²) in [6.45, 7) is 1.12. The molecule has 4 nitrogen and oxygen atoms in total. The van der Waals surface area contributed by atoms with E-state index in [0.29, 0.717) is 17.4 Å². The Hall–Kier alpha value is -0.890. The molecule has 1 aromatic carbocycles. The second kappa shape index (κ2) is 5.85. The van der Waals surface area contributed by atoms with Crippen LogP contribution in [0.3, 0.4) is 0 Å². The van der Waals surface area contributed by atoms with Gasteiger partial charge in [-0.05, 0) is 11.6 Å². The van der Waals surface area contributed by atoms with Crippen LogP contribution in [0, 0.1) is 0 Å². The number of Topliss-reactive ketones (excluding diaryl/α,β-unsaturated/α-hetero) is 1. The molecule has 0 spiro atoms. The topological polar surface area (TPSA) is 59.2 Å². The van der Waals surface area contributed by atoms with Gasteiger partial charge in [0.05, 0.1) is 11.4 Å². The van der Waals surface area contributed by atoms with Gasteiger partial charge in [-0.25, -0.2) is 9.29 Å². The standard InChI is InChI=1S/C13H12BrN3OS2/c14-9-4-2-1-3-8(9)7-19-17-5-10(18)12-11(6-17)20-13(15)16-12/h1-4H,5-7H2,(H2,15,16). The van der Waals surface area contributed by atoms with E-state index in [1.54, 1.807) is 11.9 Å². The number of rotatable bonds is 3. The lowest BCUT2D eigenvalue weighted by atomic mass is 10.2. The molecule has 0 fully saturated rings. The molecular weight excluding hydrogens is 358 g/mol. The lowest BCUT2D eigenvalue weighted by molar-refractivity contribution is 0.0951. The Morgan fingerprint density at radius 1 is 1.40 bits per heavy atom. The van der Waals surface area contributed by atoms with E-state index in [2.05, 4.69) is 31.3 Å². The smallest absolute Gasteiger partial charge is 0.197 e. The molecule has 1 aliphatic rings. The minimum absolute atomic E-state index is 0.0545. The van der Waals surface area contributed by atoms with Gasteiger partial charge in [-0.1, -0.05) is 46.1 Å². The number of carbonyl (C=O) groups is 1. The van der Waals surface area contributed by atoms with Crippen LogP contribution in [-0.4, -0.2) is 21.6 Å². The van der Waals surface area contributed by atoms with E-state index >= 15 is 0 Å². The number of ketones is 1. The van der Waals surface area contributed by atoms with Crippen molar-refractivity contribution in [3.8, 4) is 0 Å². The fraction of sp³-hybridized carbons (Fsp3) is 0.231. The Kier molecular flexibility index (Phi) is 4.11. The van der Waals surface area contributed by atoms with Gasteiger partial charge in [0, 0.05) is 16.8 Å². The highest BCUT2D eigenvalue weighted by atomic mass is 79.9. The summed E-state index contributed by atoms with van der Waals surface area (Å²) in [5.41, 5.74) is 7.46. The summed E-state index contributed by atoms with van der Waals surface area (Å²) in [5, 5.41) is 0.473. The molecule has 2 heterocycles. The summed E-state index contributed by atoms with van der Waals surface area (Å²) < 4.78 is 3.17. The van der Waals surface area contributed by atoms with Crippen LogP contribution < -0.4 is 5.73 Å². The Morgan fingerprint density at radius 3 is 3.00 bits per heavy atom. The van der Waals surface area contributed by atoms with E-state index in [4.69, 9.17) is 5.73 Å². The molecule has 3 rings (SSSR count). The number of benzene rings is 1. The van der Waals surface area contributed by atoms with E-state index in [1.807, 2.05) is 18.2 Å². The van der Waals surface area contributed by atoms with Gasteiger partial charge in [0.1, 0.15) is 5.69 Å². The molecule has 0 aliphatic carbocycles. The molecule has 0 radical (unpaired) electrons. The fourth-order valence-electron chi connectivity index (χ4n) is 2.01. The number of nitrogen functional groups attached to an aromatic ring is 1. The molecule has 0 bridgehead atoms. The van der Waals surface area contributed by atoms with E-state index in [9.17, 15) is 4.79 Å². The molecule has 2 aromatic rings. The number of nitrogens with zero attached hydrogens (tertiary/aromatic N) is 2.